The van der Waals surface area contributed by atoms with Crippen molar-refractivity contribution < 1.29 is 14.4 Å². The summed E-state index contributed by atoms with van der Waals surface area (Å²) in [5.41, 5.74) is 1.11. The van der Waals surface area contributed by atoms with Gasteiger partial charge in [-0.2, -0.15) is 0 Å². The molecule has 7 heteroatoms. The minimum Gasteiger partial charge on any atom is -0.378 e. The second kappa shape index (κ2) is 8.05. The van der Waals surface area contributed by atoms with Gasteiger partial charge in [-0.15, -0.1) is 5.10 Å². The van der Waals surface area contributed by atoms with Crippen molar-refractivity contribution in [1.82, 2.24) is 19.9 Å². The highest BCUT2D eigenvalue weighted by molar-refractivity contribution is 5.79. The number of aryl methyl sites for hydroxylation is 1. The van der Waals surface area contributed by atoms with Crippen molar-refractivity contribution in [2.24, 2.45) is 11.8 Å². The van der Waals surface area contributed by atoms with Crippen LogP contribution in [0.1, 0.15) is 38.3 Å². The highest BCUT2D eigenvalue weighted by Crippen LogP contribution is 2.29. The van der Waals surface area contributed by atoms with Gasteiger partial charge in [0.25, 0.3) is 0 Å². The Labute approximate surface area is 155 Å². The number of piperidine rings is 3. The van der Waals surface area contributed by atoms with Crippen LogP contribution in [-0.4, -0.2) is 71.2 Å². The number of ether oxygens (including phenoxy) is 1. The maximum absolute atomic E-state index is 12.9. The molecule has 4 atom stereocenters. The summed E-state index contributed by atoms with van der Waals surface area (Å²) in [6.45, 7) is 8.23. The monoisotopic (exact) mass is 362 g/mol. The first-order chi connectivity index (χ1) is 12.7. The molecule has 0 spiro atoms. The van der Waals surface area contributed by atoms with Gasteiger partial charge in [0.2, 0.25) is 5.91 Å². The molecule has 1 aromatic heterocycles. The third-order valence-electron chi connectivity index (χ3n) is 6.47. The lowest BCUT2D eigenvalue weighted by Gasteiger charge is -2.47. The van der Waals surface area contributed by atoms with Crippen LogP contribution >= 0.6 is 0 Å². The zero-order valence-corrected chi connectivity index (χ0v) is 15.9. The predicted molar refractivity (Wildman–Crippen MR) is 96.7 cm³/mol. The fourth-order valence-corrected chi connectivity index (χ4v) is 4.95. The Bertz CT molecular complexity index is 613. The number of hydrogen-bond donors (Lipinski definition) is 1. The van der Waals surface area contributed by atoms with Crippen LogP contribution in [0.2, 0.25) is 0 Å². The molecule has 4 aliphatic heterocycles. The molecule has 7 nitrogen and oxygen atoms in total. The fraction of sp³-hybridized carbons (Fsp3) is 0.842. The maximum atomic E-state index is 12.9. The van der Waals surface area contributed by atoms with Crippen molar-refractivity contribution in [3.8, 4) is 0 Å². The van der Waals surface area contributed by atoms with Crippen LogP contribution in [0, 0.1) is 11.8 Å². The first kappa shape index (κ1) is 17.9. The van der Waals surface area contributed by atoms with Gasteiger partial charge in [0.1, 0.15) is 6.04 Å². The molecule has 0 aromatic carbocycles. The molecule has 0 saturated carbocycles. The van der Waals surface area contributed by atoms with E-state index < -0.39 is 0 Å². The summed E-state index contributed by atoms with van der Waals surface area (Å²) in [5.74, 6) is 1.12. The van der Waals surface area contributed by atoms with Crippen LogP contribution in [0.5, 0.6) is 0 Å². The summed E-state index contributed by atoms with van der Waals surface area (Å²) in [6.07, 6.45) is 7.83. The van der Waals surface area contributed by atoms with Gasteiger partial charge in [0.05, 0.1) is 44.5 Å². The number of rotatable bonds is 6. The molecule has 4 fully saturated rings. The van der Waals surface area contributed by atoms with Gasteiger partial charge in [-0.25, -0.2) is 4.68 Å². The Morgan fingerprint density at radius 2 is 2.23 bits per heavy atom. The average molecular weight is 362 g/mol. The van der Waals surface area contributed by atoms with Crippen LogP contribution < -0.4 is 4.90 Å². The van der Waals surface area contributed by atoms with Gasteiger partial charge in [-0.1, -0.05) is 18.6 Å². The number of nitrogens with one attached hydrogen (secondary N) is 1. The largest absolute Gasteiger partial charge is 0.378 e. The summed E-state index contributed by atoms with van der Waals surface area (Å²) in [6, 6.07) is 0.572. The molecular formula is C19H32N5O2+. The fourth-order valence-electron chi connectivity index (χ4n) is 4.95. The molecule has 5 heterocycles. The van der Waals surface area contributed by atoms with Gasteiger partial charge in [0, 0.05) is 32.1 Å². The SMILES string of the molecule is CCCCc1cn(C[C@H]2C[C@@H]3CC[NH+]2C[C@@H]3C(=O)N2CCOCC2)nn1. The molecular weight excluding hydrogens is 330 g/mol. The molecule has 1 amide bonds. The number of morpholine rings is 1. The lowest BCUT2D eigenvalue weighted by atomic mass is 9.75. The van der Waals surface area contributed by atoms with E-state index in [1.54, 1.807) is 4.90 Å². The van der Waals surface area contributed by atoms with Crippen molar-refractivity contribution in [1.29, 1.82) is 0 Å². The second-order valence-corrected chi connectivity index (χ2v) is 8.17. The molecule has 0 aliphatic carbocycles. The van der Waals surface area contributed by atoms with E-state index in [2.05, 4.69) is 23.4 Å². The topological polar surface area (TPSA) is 64.7 Å². The van der Waals surface area contributed by atoms with Crippen LogP contribution in [0.4, 0.5) is 0 Å². The Morgan fingerprint density at radius 3 is 2.96 bits per heavy atom. The molecule has 1 unspecified atom stereocenters. The summed E-state index contributed by atoms with van der Waals surface area (Å²) in [5, 5.41) is 8.66. The van der Waals surface area contributed by atoms with Crippen LogP contribution in [0.15, 0.2) is 6.20 Å². The molecule has 4 saturated heterocycles. The minimum atomic E-state index is 0.212. The Morgan fingerprint density at radius 1 is 1.38 bits per heavy atom. The van der Waals surface area contributed by atoms with E-state index >= 15 is 0 Å². The van der Waals surface area contributed by atoms with Crippen molar-refractivity contribution in [3.05, 3.63) is 11.9 Å². The predicted octanol–water partition coefficient (Wildman–Crippen LogP) is -0.227. The molecule has 1 N–H and O–H groups in total. The second-order valence-electron chi connectivity index (χ2n) is 8.17. The molecule has 144 valence electrons. The van der Waals surface area contributed by atoms with Crippen LogP contribution in [0.3, 0.4) is 0 Å². The van der Waals surface area contributed by atoms with Crippen molar-refractivity contribution in [2.75, 3.05) is 39.4 Å². The molecule has 1 aromatic rings. The van der Waals surface area contributed by atoms with E-state index in [0.29, 0.717) is 31.1 Å². The Hall–Kier alpha value is -1.47. The Balaban J connectivity index is 1.34. The number of aromatic nitrogens is 3. The smallest absolute Gasteiger partial charge is 0.231 e. The van der Waals surface area contributed by atoms with Crippen LogP contribution in [0.25, 0.3) is 0 Å². The number of fused-ring (bicyclic) bond motifs is 3. The molecule has 26 heavy (non-hydrogen) atoms. The highest BCUT2D eigenvalue weighted by Gasteiger charge is 2.47. The first-order valence-electron chi connectivity index (χ1n) is 10.3. The quantitative estimate of drug-likeness (QED) is 0.760. The number of quaternary nitrogens is 1. The van der Waals surface area contributed by atoms with Gasteiger partial charge in [-0.3, -0.25) is 4.79 Å². The Kier molecular flexibility index (Phi) is 5.55. The van der Waals surface area contributed by atoms with Gasteiger partial charge >= 0.3 is 0 Å². The van der Waals surface area contributed by atoms with E-state index in [4.69, 9.17) is 4.74 Å². The van der Waals surface area contributed by atoms with Crippen LogP contribution in [-0.2, 0) is 22.5 Å². The summed E-state index contributed by atoms with van der Waals surface area (Å²) < 4.78 is 7.42. The lowest BCUT2D eigenvalue weighted by Crippen LogP contribution is -3.20. The average Bonchev–Trinajstić information content (AvgIpc) is 3.14. The van der Waals surface area contributed by atoms with Gasteiger partial charge in [0.15, 0.2) is 0 Å². The number of nitrogens with zero attached hydrogens (tertiary/aromatic N) is 4. The number of unbranched alkanes of at least 4 members (excludes halogenated alkanes) is 1. The van der Waals surface area contributed by atoms with E-state index in [1.165, 1.54) is 25.8 Å². The minimum absolute atomic E-state index is 0.212. The van der Waals surface area contributed by atoms with Gasteiger partial charge in [-0.05, 0) is 18.8 Å². The highest BCUT2D eigenvalue weighted by atomic mass is 16.5. The molecule has 0 radical (unpaired) electrons. The first-order valence-corrected chi connectivity index (χ1v) is 10.3. The lowest BCUT2D eigenvalue weighted by molar-refractivity contribution is -0.945. The van der Waals surface area contributed by atoms with Crippen molar-refractivity contribution in [2.45, 2.75) is 51.6 Å². The van der Waals surface area contributed by atoms with E-state index in [1.807, 2.05) is 9.58 Å². The summed E-state index contributed by atoms with van der Waals surface area (Å²) in [7, 11) is 0. The summed E-state index contributed by atoms with van der Waals surface area (Å²) in [4.78, 5) is 16.6. The zero-order valence-electron chi connectivity index (χ0n) is 15.9. The maximum Gasteiger partial charge on any atom is 0.231 e. The molecule has 5 rings (SSSR count). The number of hydrogen-bond acceptors (Lipinski definition) is 4. The molecule has 2 bridgehead atoms. The van der Waals surface area contributed by atoms with E-state index in [9.17, 15) is 4.79 Å². The van der Waals surface area contributed by atoms with Crippen molar-refractivity contribution in [3.63, 3.8) is 0 Å². The summed E-state index contributed by atoms with van der Waals surface area (Å²) >= 11 is 0. The molecule has 4 aliphatic rings. The van der Waals surface area contributed by atoms with E-state index in [-0.39, 0.29) is 5.92 Å². The third-order valence-corrected chi connectivity index (χ3v) is 6.47. The normalized spacial score (nSPS) is 31.3. The number of amides is 1. The number of carbonyl (C=O) groups excluding carboxylic acids is 1. The van der Waals surface area contributed by atoms with E-state index in [0.717, 1.165) is 44.7 Å². The van der Waals surface area contributed by atoms with Gasteiger partial charge < -0.3 is 14.5 Å². The standard InChI is InChI=1S/C19H31N5O2/c1-2-3-4-16-12-24(21-20-16)13-17-11-15-5-6-23(17)14-18(15)19(25)22-7-9-26-10-8-22/h12,15,17-18H,2-11,13-14H2,1H3/p+1/t15-,17+,18-/m0/s1. The third kappa shape index (κ3) is 3.78. The van der Waals surface area contributed by atoms with Crippen molar-refractivity contribution >= 4 is 5.91 Å². The zero-order chi connectivity index (χ0) is 17.9. The number of carbonyl (C=O) groups is 1.